The van der Waals surface area contributed by atoms with E-state index >= 15 is 0 Å². The molecule has 0 saturated carbocycles. The number of aromatic amines is 1. The molecule has 0 spiro atoms. The maximum absolute atomic E-state index is 6.01. The van der Waals surface area contributed by atoms with Crippen LogP contribution in [0, 0.1) is 6.92 Å². The van der Waals surface area contributed by atoms with Crippen LogP contribution in [-0.2, 0) is 0 Å². The maximum Gasteiger partial charge on any atom is 0.222 e. The normalized spacial score (nSPS) is 14.6. The van der Waals surface area contributed by atoms with Gasteiger partial charge in [0.1, 0.15) is 5.65 Å². The first-order valence-corrected chi connectivity index (χ1v) is 9.18. The molecular formula is C22H20N4O. The van der Waals surface area contributed by atoms with Gasteiger partial charge in [-0.15, -0.1) is 0 Å². The summed E-state index contributed by atoms with van der Waals surface area (Å²) in [6, 6.07) is 12.2. The molecule has 1 aromatic carbocycles. The van der Waals surface area contributed by atoms with Crippen molar-refractivity contribution in [2.24, 2.45) is 0 Å². The van der Waals surface area contributed by atoms with Crippen LogP contribution in [0.15, 0.2) is 65.5 Å². The molecule has 4 aromatic rings. The number of benzene rings is 1. The molecule has 0 atom stereocenters. The topological polar surface area (TPSA) is 58.0 Å². The van der Waals surface area contributed by atoms with Crippen LogP contribution in [0.5, 0.6) is 0 Å². The van der Waals surface area contributed by atoms with Gasteiger partial charge in [0.25, 0.3) is 0 Å². The standard InChI is InChI=1S/C22H20N4O/c1-15-18-7-10-23-21(18)24-13-19(15)26-11-8-17(9-12-26)22-25-14-20(27-22)16-5-3-2-4-6-16/h2-8,10,13-14H,9,11-12H2,1H3,(H,23,24). The van der Waals surface area contributed by atoms with Crippen LogP contribution in [0.1, 0.15) is 17.9 Å². The van der Waals surface area contributed by atoms with Crippen LogP contribution in [0.3, 0.4) is 0 Å². The van der Waals surface area contributed by atoms with Gasteiger partial charge < -0.3 is 14.3 Å². The Kier molecular flexibility index (Phi) is 3.78. The fraction of sp³-hybridized carbons (Fsp3) is 0.182. The van der Waals surface area contributed by atoms with Crippen molar-refractivity contribution < 1.29 is 4.42 Å². The quantitative estimate of drug-likeness (QED) is 0.572. The number of anilines is 1. The molecule has 5 nitrogen and oxygen atoms in total. The predicted octanol–water partition coefficient (Wildman–Crippen LogP) is 4.82. The number of fused-ring (bicyclic) bond motifs is 1. The zero-order valence-electron chi connectivity index (χ0n) is 15.1. The van der Waals surface area contributed by atoms with Gasteiger partial charge in [0.15, 0.2) is 5.76 Å². The summed E-state index contributed by atoms with van der Waals surface area (Å²) >= 11 is 0. The van der Waals surface area contributed by atoms with E-state index < -0.39 is 0 Å². The van der Waals surface area contributed by atoms with Gasteiger partial charge in [-0.2, -0.15) is 0 Å². The number of aryl methyl sites for hydroxylation is 1. The predicted molar refractivity (Wildman–Crippen MR) is 108 cm³/mol. The second-order valence-electron chi connectivity index (χ2n) is 6.83. The van der Waals surface area contributed by atoms with Gasteiger partial charge in [-0.3, -0.25) is 0 Å². The van der Waals surface area contributed by atoms with Crippen LogP contribution in [0.2, 0.25) is 0 Å². The number of H-pyrrole nitrogens is 1. The zero-order valence-corrected chi connectivity index (χ0v) is 15.1. The van der Waals surface area contributed by atoms with E-state index in [4.69, 9.17) is 4.42 Å². The van der Waals surface area contributed by atoms with Crippen molar-refractivity contribution in [1.29, 1.82) is 0 Å². The zero-order chi connectivity index (χ0) is 18.2. The maximum atomic E-state index is 6.01. The molecule has 27 heavy (non-hydrogen) atoms. The van der Waals surface area contributed by atoms with E-state index in [0.717, 1.165) is 42.4 Å². The molecule has 4 heterocycles. The number of rotatable bonds is 3. The molecule has 5 rings (SSSR count). The molecule has 0 saturated heterocycles. The minimum Gasteiger partial charge on any atom is -0.436 e. The average molecular weight is 356 g/mol. The van der Waals surface area contributed by atoms with Crippen molar-refractivity contribution in [2.75, 3.05) is 18.0 Å². The van der Waals surface area contributed by atoms with Crippen molar-refractivity contribution in [1.82, 2.24) is 15.0 Å². The smallest absolute Gasteiger partial charge is 0.222 e. The van der Waals surface area contributed by atoms with Gasteiger partial charge in [0.05, 0.1) is 18.1 Å². The highest BCUT2D eigenvalue weighted by Gasteiger charge is 2.19. The Hall–Kier alpha value is -3.34. The molecule has 3 aromatic heterocycles. The van der Waals surface area contributed by atoms with Crippen LogP contribution >= 0.6 is 0 Å². The molecule has 134 valence electrons. The minimum absolute atomic E-state index is 0.726. The second kappa shape index (κ2) is 6.43. The number of oxazole rings is 1. The highest BCUT2D eigenvalue weighted by Crippen LogP contribution is 2.31. The Balaban J connectivity index is 1.38. The van der Waals surface area contributed by atoms with E-state index in [9.17, 15) is 0 Å². The first-order valence-electron chi connectivity index (χ1n) is 9.18. The van der Waals surface area contributed by atoms with Gasteiger partial charge in [-0.05, 0) is 25.0 Å². The number of aromatic nitrogens is 3. The number of nitrogens with zero attached hydrogens (tertiary/aromatic N) is 3. The van der Waals surface area contributed by atoms with Gasteiger partial charge >= 0.3 is 0 Å². The Morgan fingerprint density at radius 2 is 1.96 bits per heavy atom. The molecule has 1 aliphatic heterocycles. The Morgan fingerprint density at radius 3 is 2.78 bits per heavy atom. The lowest BCUT2D eigenvalue weighted by molar-refractivity contribution is 0.550. The Morgan fingerprint density at radius 1 is 1.07 bits per heavy atom. The fourth-order valence-electron chi connectivity index (χ4n) is 3.69. The summed E-state index contributed by atoms with van der Waals surface area (Å²) in [6.07, 6.45) is 8.83. The van der Waals surface area contributed by atoms with E-state index in [-0.39, 0.29) is 0 Å². The van der Waals surface area contributed by atoms with Crippen molar-refractivity contribution >= 4 is 22.3 Å². The van der Waals surface area contributed by atoms with E-state index in [1.54, 1.807) is 0 Å². The average Bonchev–Trinajstić information content (AvgIpc) is 3.39. The van der Waals surface area contributed by atoms with Gasteiger partial charge in [0, 0.05) is 35.8 Å². The first kappa shape index (κ1) is 15.9. The van der Waals surface area contributed by atoms with Crippen molar-refractivity contribution in [2.45, 2.75) is 13.3 Å². The van der Waals surface area contributed by atoms with E-state index in [1.165, 1.54) is 22.2 Å². The lowest BCUT2D eigenvalue weighted by Gasteiger charge is -2.28. The Labute approximate surface area is 157 Å². The summed E-state index contributed by atoms with van der Waals surface area (Å²) in [5.74, 6) is 1.54. The number of pyridine rings is 1. The SMILES string of the molecule is Cc1c(N2CC=C(c3ncc(-c4ccccc4)o3)CC2)cnc2[nH]ccc12. The molecule has 0 amide bonds. The van der Waals surface area contributed by atoms with Crippen molar-refractivity contribution in [3.63, 3.8) is 0 Å². The van der Waals surface area contributed by atoms with Crippen LogP contribution < -0.4 is 4.90 Å². The molecule has 0 fully saturated rings. The second-order valence-corrected chi connectivity index (χ2v) is 6.83. The number of hydrogen-bond acceptors (Lipinski definition) is 4. The van der Waals surface area contributed by atoms with Crippen molar-refractivity contribution in [3.8, 4) is 11.3 Å². The van der Waals surface area contributed by atoms with E-state index in [1.807, 2.05) is 48.9 Å². The molecule has 5 heteroatoms. The number of hydrogen-bond donors (Lipinski definition) is 1. The third kappa shape index (κ3) is 2.81. The van der Waals surface area contributed by atoms with E-state index in [2.05, 4.69) is 38.9 Å². The lowest BCUT2D eigenvalue weighted by Crippen LogP contribution is -2.29. The van der Waals surface area contributed by atoms with Gasteiger partial charge in [0.2, 0.25) is 5.89 Å². The summed E-state index contributed by atoms with van der Waals surface area (Å²) in [6.45, 7) is 3.91. The third-order valence-corrected chi connectivity index (χ3v) is 5.22. The number of nitrogens with one attached hydrogen (secondary N) is 1. The van der Waals surface area contributed by atoms with Crippen molar-refractivity contribution in [3.05, 3.63) is 72.5 Å². The summed E-state index contributed by atoms with van der Waals surface area (Å²) in [7, 11) is 0. The van der Waals surface area contributed by atoms with Gasteiger partial charge in [-0.25, -0.2) is 9.97 Å². The van der Waals surface area contributed by atoms with Crippen LogP contribution in [0.4, 0.5) is 5.69 Å². The molecule has 1 N–H and O–H groups in total. The van der Waals surface area contributed by atoms with Crippen LogP contribution in [-0.4, -0.2) is 28.0 Å². The molecule has 0 aliphatic carbocycles. The Bertz CT molecular complexity index is 1120. The van der Waals surface area contributed by atoms with E-state index in [0.29, 0.717) is 0 Å². The molecule has 1 aliphatic rings. The third-order valence-electron chi connectivity index (χ3n) is 5.22. The first-order chi connectivity index (χ1) is 13.3. The largest absolute Gasteiger partial charge is 0.436 e. The molecule has 0 unspecified atom stereocenters. The molecule has 0 bridgehead atoms. The lowest BCUT2D eigenvalue weighted by atomic mass is 10.1. The summed E-state index contributed by atoms with van der Waals surface area (Å²) < 4.78 is 6.01. The summed E-state index contributed by atoms with van der Waals surface area (Å²) in [5.41, 5.74) is 5.62. The minimum atomic E-state index is 0.726. The highest BCUT2D eigenvalue weighted by atomic mass is 16.4. The van der Waals surface area contributed by atoms with Gasteiger partial charge in [-0.1, -0.05) is 36.4 Å². The highest BCUT2D eigenvalue weighted by molar-refractivity contribution is 5.84. The monoisotopic (exact) mass is 356 g/mol. The fourth-order valence-corrected chi connectivity index (χ4v) is 3.69. The molecule has 0 radical (unpaired) electrons. The molecular weight excluding hydrogens is 336 g/mol. The summed E-state index contributed by atoms with van der Waals surface area (Å²) in [4.78, 5) is 14.6. The van der Waals surface area contributed by atoms with Crippen LogP contribution in [0.25, 0.3) is 27.9 Å². The summed E-state index contributed by atoms with van der Waals surface area (Å²) in [5, 5.41) is 1.18.